The fraction of sp³-hybridized carbons (Fsp3) is 0.188. The van der Waals surface area contributed by atoms with Crippen LogP contribution in [0.1, 0.15) is 15.9 Å². The zero-order valence-corrected chi connectivity index (χ0v) is 14.2. The Morgan fingerprint density at radius 1 is 1.30 bits per heavy atom. The number of rotatable bonds is 4. The number of aryl methyl sites for hydroxylation is 1. The molecular formula is C16H15BrFN3O2. The van der Waals surface area contributed by atoms with Crippen LogP contribution in [0.25, 0.3) is 0 Å². The van der Waals surface area contributed by atoms with Gasteiger partial charge in [0.25, 0.3) is 5.91 Å². The smallest absolute Gasteiger partial charge is 0.254 e. The van der Waals surface area contributed by atoms with E-state index in [0.717, 1.165) is 16.1 Å². The molecule has 120 valence electrons. The number of nitrogens with one attached hydrogen (secondary N) is 1. The van der Waals surface area contributed by atoms with Crippen molar-refractivity contribution in [1.29, 1.82) is 0 Å². The van der Waals surface area contributed by atoms with Crippen molar-refractivity contribution in [3.05, 3.63) is 58.1 Å². The molecule has 0 aliphatic carbocycles. The lowest BCUT2D eigenvalue weighted by molar-refractivity contribution is -0.116. The molecule has 0 spiro atoms. The molecule has 2 rings (SSSR count). The zero-order chi connectivity index (χ0) is 17.0. The summed E-state index contributed by atoms with van der Waals surface area (Å²) in [4.78, 5) is 28.8. The first-order chi connectivity index (χ1) is 10.9. The number of halogens is 2. The van der Waals surface area contributed by atoms with Crippen LogP contribution in [0.3, 0.4) is 0 Å². The van der Waals surface area contributed by atoms with Crippen molar-refractivity contribution in [2.24, 2.45) is 0 Å². The van der Waals surface area contributed by atoms with Crippen LogP contribution in [0.4, 0.5) is 10.1 Å². The van der Waals surface area contributed by atoms with Crippen LogP contribution in [0, 0.1) is 12.9 Å². The predicted octanol–water partition coefficient (Wildman–Crippen LogP) is 3.00. The predicted molar refractivity (Wildman–Crippen MR) is 88.7 cm³/mol. The van der Waals surface area contributed by atoms with Gasteiger partial charge in [-0.3, -0.25) is 9.59 Å². The molecule has 7 heteroatoms. The topological polar surface area (TPSA) is 62.3 Å². The molecule has 2 aromatic rings. The Balaban J connectivity index is 2.00. The second kappa shape index (κ2) is 7.32. The third kappa shape index (κ3) is 4.59. The maximum atomic E-state index is 13.1. The van der Waals surface area contributed by atoms with Crippen LogP contribution in [0.5, 0.6) is 0 Å². The molecule has 0 bridgehead atoms. The lowest BCUT2D eigenvalue weighted by Crippen LogP contribution is -2.35. The minimum absolute atomic E-state index is 0.141. The normalized spacial score (nSPS) is 10.3. The van der Waals surface area contributed by atoms with Crippen LogP contribution >= 0.6 is 15.9 Å². The van der Waals surface area contributed by atoms with Crippen LogP contribution in [-0.2, 0) is 4.79 Å². The highest BCUT2D eigenvalue weighted by Gasteiger charge is 2.16. The summed E-state index contributed by atoms with van der Waals surface area (Å²) < 4.78 is 14.0. The third-order valence-electron chi connectivity index (χ3n) is 3.16. The molecule has 0 atom stereocenters. The van der Waals surface area contributed by atoms with E-state index in [9.17, 15) is 14.0 Å². The van der Waals surface area contributed by atoms with Gasteiger partial charge in [-0.15, -0.1) is 0 Å². The Morgan fingerprint density at radius 2 is 2.04 bits per heavy atom. The average Bonchev–Trinajstić information content (AvgIpc) is 2.49. The van der Waals surface area contributed by atoms with Crippen molar-refractivity contribution >= 4 is 33.4 Å². The fourth-order valence-corrected chi connectivity index (χ4v) is 2.48. The Kier molecular flexibility index (Phi) is 5.44. The summed E-state index contributed by atoms with van der Waals surface area (Å²) in [6.07, 6.45) is 1.21. The van der Waals surface area contributed by atoms with Gasteiger partial charge in [0.1, 0.15) is 0 Å². The van der Waals surface area contributed by atoms with E-state index in [0.29, 0.717) is 5.69 Å². The lowest BCUT2D eigenvalue weighted by Gasteiger charge is -2.17. The van der Waals surface area contributed by atoms with E-state index in [1.54, 1.807) is 6.07 Å². The number of nitrogens with zero attached hydrogens (tertiary/aromatic N) is 2. The van der Waals surface area contributed by atoms with Crippen molar-refractivity contribution in [1.82, 2.24) is 9.88 Å². The van der Waals surface area contributed by atoms with Crippen LogP contribution < -0.4 is 5.32 Å². The molecule has 1 N–H and O–H groups in total. The Labute approximate surface area is 141 Å². The molecule has 0 aliphatic heterocycles. The fourth-order valence-electron chi connectivity index (χ4n) is 2.00. The first kappa shape index (κ1) is 17.1. The zero-order valence-electron chi connectivity index (χ0n) is 12.6. The minimum atomic E-state index is -0.737. The highest BCUT2D eigenvalue weighted by Crippen LogP contribution is 2.20. The molecule has 0 radical (unpaired) electrons. The number of aromatic nitrogens is 1. The summed E-state index contributed by atoms with van der Waals surface area (Å²) in [5.74, 6) is -1.52. The summed E-state index contributed by atoms with van der Waals surface area (Å²) in [6.45, 7) is 1.73. The average molecular weight is 380 g/mol. The van der Waals surface area contributed by atoms with E-state index in [1.807, 2.05) is 19.1 Å². The van der Waals surface area contributed by atoms with E-state index in [-0.39, 0.29) is 18.0 Å². The van der Waals surface area contributed by atoms with Gasteiger partial charge in [0, 0.05) is 35.0 Å². The molecule has 5 nitrogen and oxygen atoms in total. The van der Waals surface area contributed by atoms with Gasteiger partial charge in [-0.05, 0) is 36.8 Å². The summed E-state index contributed by atoms with van der Waals surface area (Å²) in [5.41, 5.74) is 1.72. The Bertz CT molecular complexity index is 752. The van der Waals surface area contributed by atoms with Crippen molar-refractivity contribution < 1.29 is 14.0 Å². The van der Waals surface area contributed by atoms with Gasteiger partial charge in [0.15, 0.2) is 0 Å². The van der Waals surface area contributed by atoms with Gasteiger partial charge in [0.2, 0.25) is 11.9 Å². The number of benzene rings is 1. The van der Waals surface area contributed by atoms with Crippen LogP contribution in [-0.4, -0.2) is 35.3 Å². The lowest BCUT2D eigenvalue weighted by atomic mass is 10.2. The Hall–Kier alpha value is -2.28. The molecule has 0 saturated carbocycles. The molecule has 23 heavy (non-hydrogen) atoms. The van der Waals surface area contributed by atoms with Gasteiger partial charge in [-0.25, -0.2) is 4.98 Å². The maximum Gasteiger partial charge on any atom is 0.254 e. The van der Waals surface area contributed by atoms with Crippen molar-refractivity contribution in [2.45, 2.75) is 6.92 Å². The third-order valence-corrected chi connectivity index (χ3v) is 3.66. The number of likely N-dealkylation sites (N-methyl/N-ethyl adjacent to an activating group) is 1. The van der Waals surface area contributed by atoms with Crippen LogP contribution in [0.2, 0.25) is 0 Å². The van der Waals surface area contributed by atoms with Crippen molar-refractivity contribution in [3.8, 4) is 0 Å². The number of carbonyl (C=O) groups excluding carboxylic acids is 2. The van der Waals surface area contributed by atoms with Gasteiger partial charge in [-0.1, -0.05) is 15.9 Å². The van der Waals surface area contributed by atoms with E-state index in [2.05, 4.69) is 26.2 Å². The first-order valence-electron chi connectivity index (χ1n) is 6.80. The molecule has 0 aliphatic rings. The van der Waals surface area contributed by atoms with Gasteiger partial charge < -0.3 is 10.2 Å². The van der Waals surface area contributed by atoms with E-state index < -0.39 is 11.9 Å². The van der Waals surface area contributed by atoms with E-state index in [1.165, 1.54) is 24.2 Å². The molecular weight excluding hydrogens is 365 g/mol. The first-order valence-corrected chi connectivity index (χ1v) is 7.59. The molecule has 0 unspecified atom stereocenters. The SMILES string of the molecule is Cc1cc(Br)ccc1NC(=O)CN(C)C(=O)c1ccnc(F)c1. The molecule has 1 aromatic heterocycles. The monoisotopic (exact) mass is 379 g/mol. The highest BCUT2D eigenvalue weighted by atomic mass is 79.9. The summed E-state index contributed by atoms with van der Waals surface area (Å²) in [6, 6.07) is 7.91. The van der Waals surface area contributed by atoms with Gasteiger partial charge >= 0.3 is 0 Å². The molecule has 0 saturated heterocycles. The van der Waals surface area contributed by atoms with Crippen molar-refractivity contribution in [3.63, 3.8) is 0 Å². The number of hydrogen-bond acceptors (Lipinski definition) is 3. The molecule has 1 aromatic carbocycles. The highest BCUT2D eigenvalue weighted by molar-refractivity contribution is 9.10. The molecule has 2 amide bonds. The van der Waals surface area contributed by atoms with E-state index >= 15 is 0 Å². The van der Waals surface area contributed by atoms with Crippen molar-refractivity contribution in [2.75, 3.05) is 18.9 Å². The van der Waals surface area contributed by atoms with Gasteiger partial charge in [-0.2, -0.15) is 4.39 Å². The quantitative estimate of drug-likeness (QED) is 0.830. The second-order valence-electron chi connectivity index (χ2n) is 5.04. The van der Waals surface area contributed by atoms with E-state index in [4.69, 9.17) is 0 Å². The summed E-state index contributed by atoms with van der Waals surface area (Å²) in [7, 11) is 1.48. The largest absolute Gasteiger partial charge is 0.332 e. The summed E-state index contributed by atoms with van der Waals surface area (Å²) in [5, 5.41) is 2.75. The standard InChI is InChI=1S/C16H15BrFN3O2/c1-10-7-12(17)3-4-13(10)20-15(22)9-21(2)16(23)11-5-6-19-14(18)8-11/h3-8H,9H2,1-2H3,(H,20,22). The molecule has 0 fully saturated rings. The Morgan fingerprint density at radius 3 is 2.70 bits per heavy atom. The van der Waals surface area contributed by atoms with Gasteiger partial charge in [0.05, 0.1) is 6.54 Å². The number of amides is 2. The number of pyridine rings is 1. The number of anilines is 1. The number of hydrogen-bond donors (Lipinski definition) is 1. The summed E-state index contributed by atoms with van der Waals surface area (Å²) >= 11 is 3.35. The maximum absolute atomic E-state index is 13.1. The van der Waals surface area contributed by atoms with Crippen LogP contribution in [0.15, 0.2) is 41.0 Å². The molecule has 1 heterocycles. The minimum Gasteiger partial charge on any atom is -0.332 e. The number of carbonyl (C=O) groups is 2. The second-order valence-corrected chi connectivity index (χ2v) is 5.95.